The minimum Gasteiger partial charge on any atom is -0.508 e. The van der Waals surface area contributed by atoms with Crippen LogP contribution in [-0.2, 0) is 0 Å². The van der Waals surface area contributed by atoms with Crippen molar-refractivity contribution in [3.8, 4) is 5.75 Å². The van der Waals surface area contributed by atoms with Crippen molar-refractivity contribution < 1.29 is 9.50 Å². The monoisotopic (exact) mass is 311 g/mol. The molecule has 2 nitrogen and oxygen atoms in total. The number of phenolic OH excluding ortho intramolecular Hbond substituents is 1. The predicted octanol–water partition coefficient (Wildman–Crippen LogP) is 5.56. The fourth-order valence-corrected chi connectivity index (χ4v) is 3.04. The summed E-state index contributed by atoms with van der Waals surface area (Å²) in [5.41, 5.74) is 3.47. The zero-order valence-electron chi connectivity index (χ0n) is 13.4. The lowest BCUT2D eigenvalue weighted by molar-refractivity contribution is 0.473. The lowest BCUT2D eigenvalue weighted by atomic mass is 9.89. The highest BCUT2D eigenvalue weighted by atomic mass is 19.1. The Bertz CT molecular complexity index is 676. The van der Waals surface area contributed by atoms with Gasteiger partial charge in [0.15, 0.2) is 0 Å². The van der Waals surface area contributed by atoms with Crippen LogP contribution in [0.25, 0.3) is 0 Å². The van der Waals surface area contributed by atoms with Crippen LogP contribution in [0.15, 0.2) is 60.3 Å². The molecule has 1 saturated heterocycles. The van der Waals surface area contributed by atoms with Crippen LogP contribution in [0.1, 0.15) is 44.2 Å². The number of halogens is 1. The fourth-order valence-electron chi connectivity index (χ4n) is 3.04. The molecule has 1 aliphatic rings. The van der Waals surface area contributed by atoms with Crippen LogP contribution in [-0.4, -0.2) is 5.11 Å². The lowest BCUT2D eigenvalue weighted by Crippen LogP contribution is -2.38. The van der Waals surface area contributed by atoms with Gasteiger partial charge in [-0.1, -0.05) is 38.0 Å². The van der Waals surface area contributed by atoms with Crippen molar-refractivity contribution in [2.75, 3.05) is 4.90 Å². The molecule has 1 heterocycles. The van der Waals surface area contributed by atoms with Gasteiger partial charge < -0.3 is 10.0 Å². The molecule has 2 aromatic carbocycles. The van der Waals surface area contributed by atoms with Crippen LogP contribution in [0, 0.1) is 5.82 Å². The molecule has 0 amide bonds. The van der Waals surface area contributed by atoms with Crippen LogP contribution >= 0.6 is 0 Å². The van der Waals surface area contributed by atoms with Crippen LogP contribution in [0.3, 0.4) is 0 Å². The van der Waals surface area contributed by atoms with E-state index < -0.39 is 0 Å². The predicted molar refractivity (Wildman–Crippen MR) is 92.0 cm³/mol. The molecule has 23 heavy (non-hydrogen) atoms. The topological polar surface area (TPSA) is 23.5 Å². The molecular formula is C20H22FNO. The average Bonchev–Trinajstić information content (AvgIpc) is 2.54. The maximum absolute atomic E-state index is 13.2. The number of hydrogen-bond acceptors (Lipinski definition) is 2. The quantitative estimate of drug-likeness (QED) is 0.731. The molecule has 0 spiro atoms. The standard InChI is InChI=1S/C20H22FNO/c1-2-3-4-5-18-14-20(15-6-12-19(23)13-7-15)22(18)17-10-8-16(21)9-11-17/h5-13,20,23H,2-4,14H2,1H3/b18-5+. The van der Waals surface area contributed by atoms with Crippen LogP contribution in [0.5, 0.6) is 5.75 Å². The molecule has 3 heteroatoms. The number of aromatic hydroxyl groups is 1. The van der Waals surface area contributed by atoms with E-state index in [0.717, 1.165) is 18.5 Å². The molecule has 0 radical (unpaired) electrons. The first-order valence-corrected chi connectivity index (χ1v) is 8.22. The van der Waals surface area contributed by atoms with Gasteiger partial charge in [0.25, 0.3) is 0 Å². The summed E-state index contributed by atoms with van der Waals surface area (Å²) < 4.78 is 13.2. The minimum atomic E-state index is -0.216. The first-order valence-electron chi connectivity index (χ1n) is 8.22. The van der Waals surface area contributed by atoms with Crippen LogP contribution in [0.4, 0.5) is 10.1 Å². The number of nitrogens with zero attached hydrogens (tertiary/aromatic N) is 1. The van der Waals surface area contributed by atoms with Gasteiger partial charge in [-0.25, -0.2) is 4.39 Å². The summed E-state index contributed by atoms with van der Waals surface area (Å²) in [5, 5.41) is 9.47. The number of hydrogen-bond donors (Lipinski definition) is 1. The van der Waals surface area contributed by atoms with E-state index in [9.17, 15) is 9.50 Å². The van der Waals surface area contributed by atoms with Gasteiger partial charge in [0.2, 0.25) is 0 Å². The van der Waals surface area contributed by atoms with Crippen molar-refractivity contribution >= 4 is 5.69 Å². The second-order valence-corrected chi connectivity index (χ2v) is 6.00. The summed E-state index contributed by atoms with van der Waals surface area (Å²) in [7, 11) is 0. The summed E-state index contributed by atoms with van der Waals surface area (Å²) in [6.45, 7) is 2.19. The molecule has 1 aliphatic heterocycles. The third-order valence-corrected chi connectivity index (χ3v) is 4.34. The van der Waals surface area contributed by atoms with E-state index in [2.05, 4.69) is 17.9 Å². The molecule has 3 rings (SSSR count). The molecule has 1 unspecified atom stereocenters. The van der Waals surface area contributed by atoms with E-state index in [1.807, 2.05) is 24.3 Å². The smallest absolute Gasteiger partial charge is 0.123 e. The van der Waals surface area contributed by atoms with Gasteiger partial charge >= 0.3 is 0 Å². The minimum absolute atomic E-state index is 0.216. The Balaban J connectivity index is 1.86. The highest BCUT2D eigenvalue weighted by molar-refractivity contribution is 5.60. The number of phenols is 1. The van der Waals surface area contributed by atoms with Crippen molar-refractivity contribution in [1.82, 2.24) is 0 Å². The summed E-state index contributed by atoms with van der Waals surface area (Å²) in [6.07, 6.45) is 6.72. The third-order valence-electron chi connectivity index (χ3n) is 4.34. The molecule has 120 valence electrons. The first kappa shape index (κ1) is 15.6. The lowest BCUT2D eigenvalue weighted by Gasteiger charge is -2.46. The van der Waals surface area contributed by atoms with Crippen molar-refractivity contribution in [2.45, 2.75) is 38.6 Å². The molecule has 1 atom stereocenters. The normalized spacial score (nSPS) is 19.0. The van der Waals surface area contributed by atoms with Crippen molar-refractivity contribution in [2.24, 2.45) is 0 Å². The van der Waals surface area contributed by atoms with E-state index in [-0.39, 0.29) is 17.6 Å². The van der Waals surface area contributed by atoms with E-state index in [1.54, 1.807) is 12.1 Å². The Morgan fingerprint density at radius 1 is 1.13 bits per heavy atom. The molecular weight excluding hydrogens is 289 g/mol. The zero-order chi connectivity index (χ0) is 16.2. The van der Waals surface area contributed by atoms with Crippen molar-refractivity contribution in [3.05, 3.63) is 71.7 Å². The average molecular weight is 311 g/mol. The Hall–Kier alpha value is -2.29. The number of unbranched alkanes of at least 4 members (excludes halogenated alkanes) is 2. The number of benzene rings is 2. The Labute approximate surface area is 136 Å². The van der Waals surface area contributed by atoms with Gasteiger partial charge in [-0.05, 0) is 48.4 Å². The van der Waals surface area contributed by atoms with E-state index >= 15 is 0 Å². The molecule has 0 aliphatic carbocycles. The Morgan fingerprint density at radius 2 is 1.83 bits per heavy atom. The second kappa shape index (κ2) is 6.86. The van der Waals surface area contributed by atoms with Gasteiger partial charge in [-0.15, -0.1) is 0 Å². The van der Waals surface area contributed by atoms with Crippen LogP contribution in [0.2, 0.25) is 0 Å². The SMILES string of the molecule is CCCC/C=C1\CC(c2ccc(O)cc2)N1c1ccc(F)cc1. The Morgan fingerprint density at radius 3 is 2.48 bits per heavy atom. The van der Waals surface area contributed by atoms with Crippen molar-refractivity contribution in [1.29, 1.82) is 0 Å². The molecule has 2 aromatic rings. The zero-order valence-corrected chi connectivity index (χ0v) is 13.4. The number of rotatable bonds is 5. The molecule has 0 aromatic heterocycles. The highest BCUT2D eigenvalue weighted by Gasteiger charge is 2.34. The first-order chi connectivity index (χ1) is 11.2. The van der Waals surface area contributed by atoms with Gasteiger partial charge in [-0.3, -0.25) is 0 Å². The largest absolute Gasteiger partial charge is 0.508 e. The molecule has 0 saturated carbocycles. The third kappa shape index (κ3) is 3.39. The highest BCUT2D eigenvalue weighted by Crippen LogP contribution is 2.45. The van der Waals surface area contributed by atoms with Gasteiger partial charge in [0.05, 0.1) is 6.04 Å². The summed E-state index contributed by atoms with van der Waals surface area (Å²) >= 11 is 0. The number of anilines is 1. The number of allylic oxidation sites excluding steroid dienone is 1. The van der Waals surface area contributed by atoms with E-state index in [4.69, 9.17) is 0 Å². The second-order valence-electron chi connectivity index (χ2n) is 6.00. The molecule has 1 fully saturated rings. The van der Waals surface area contributed by atoms with E-state index in [0.29, 0.717) is 0 Å². The maximum Gasteiger partial charge on any atom is 0.123 e. The van der Waals surface area contributed by atoms with Gasteiger partial charge in [-0.2, -0.15) is 0 Å². The summed E-state index contributed by atoms with van der Waals surface area (Å²) in [5.74, 6) is 0.0621. The van der Waals surface area contributed by atoms with E-state index in [1.165, 1.54) is 36.2 Å². The fraction of sp³-hybridized carbons (Fsp3) is 0.300. The summed E-state index contributed by atoms with van der Waals surface area (Å²) in [4.78, 5) is 2.27. The maximum atomic E-state index is 13.2. The van der Waals surface area contributed by atoms with Crippen molar-refractivity contribution in [3.63, 3.8) is 0 Å². The summed E-state index contributed by atoms with van der Waals surface area (Å²) in [6, 6.07) is 14.3. The molecule has 0 bridgehead atoms. The van der Waals surface area contributed by atoms with Crippen LogP contribution < -0.4 is 4.90 Å². The Kier molecular flexibility index (Phi) is 4.65. The molecule has 1 N–H and O–H groups in total. The van der Waals surface area contributed by atoms with Gasteiger partial charge in [0, 0.05) is 17.8 Å². The van der Waals surface area contributed by atoms with Gasteiger partial charge in [0.1, 0.15) is 11.6 Å².